The van der Waals surface area contributed by atoms with Gasteiger partial charge in [0.15, 0.2) is 6.21 Å². The van der Waals surface area contributed by atoms with Gasteiger partial charge in [0.2, 0.25) is 0 Å². The van der Waals surface area contributed by atoms with Crippen molar-refractivity contribution in [2.45, 2.75) is 12.8 Å². The van der Waals surface area contributed by atoms with Crippen LogP contribution in [0.4, 0.5) is 4.39 Å². The molecule has 1 aliphatic rings. The van der Waals surface area contributed by atoms with Crippen LogP contribution in [0.15, 0.2) is 18.2 Å². The number of benzene rings is 1. The molecule has 1 aromatic rings. The largest absolute Gasteiger partial charge is 1.00 e. The molecule has 0 bridgehead atoms. The first-order chi connectivity index (χ1) is 6.77. The van der Waals surface area contributed by atoms with Gasteiger partial charge in [0.1, 0.15) is 18.9 Å². The summed E-state index contributed by atoms with van der Waals surface area (Å²) in [5, 5.41) is 0.483. The smallest absolute Gasteiger partial charge is 0.175 e. The van der Waals surface area contributed by atoms with Crippen LogP contribution >= 0.6 is 11.6 Å². The van der Waals surface area contributed by atoms with Gasteiger partial charge in [-0.25, -0.2) is 8.97 Å². The highest BCUT2D eigenvalue weighted by atomic mass is 35.5. The van der Waals surface area contributed by atoms with E-state index in [0.717, 1.165) is 13.1 Å². The molecule has 0 saturated carbocycles. The molecule has 0 atom stereocenters. The zero-order chi connectivity index (χ0) is 9.97. The Balaban J connectivity index is 0.00000112. The summed E-state index contributed by atoms with van der Waals surface area (Å²) in [5.41, 5.74) is 0.510. The minimum atomic E-state index is -0.246. The van der Waals surface area contributed by atoms with E-state index in [1.165, 1.54) is 18.9 Å². The third-order valence-electron chi connectivity index (χ3n) is 2.45. The molecule has 0 aromatic heterocycles. The normalized spacial score (nSPS) is 14.9. The van der Waals surface area contributed by atoms with Crippen LogP contribution in [-0.4, -0.2) is 23.9 Å². The Morgan fingerprint density at radius 1 is 1.27 bits per heavy atom. The van der Waals surface area contributed by atoms with Gasteiger partial charge >= 0.3 is 0 Å². The van der Waals surface area contributed by atoms with Gasteiger partial charge in [0.05, 0.1) is 10.6 Å². The fraction of sp³-hybridized carbons (Fsp3) is 0.364. The van der Waals surface area contributed by atoms with E-state index in [-0.39, 0.29) is 18.2 Å². The Bertz CT molecular complexity index is 349. The van der Waals surface area contributed by atoms with Crippen LogP contribution in [0.1, 0.15) is 18.4 Å². The quantitative estimate of drug-likeness (QED) is 0.601. The third kappa shape index (κ3) is 2.93. The molecule has 1 aliphatic heterocycles. The lowest BCUT2D eigenvalue weighted by Gasteiger charge is -1.98. The summed E-state index contributed by atoms with van der Waals surface area (Å²) in [7, 11) is 0. The van der Waals surface area contributed by atoms with Gasteiger partial charge in [-0.3, -0.25) is 0 Å². The first-order valence-corrected chi connectivity index (χ1v) is 5.18. The molecular formula is C11H12Cl2FN. The van der Waals surface area contributed by atoms with Gasteiger partial charge in [-0.05, 0) is 12.1 Å². The number of rotatable bonds is 1. The molecule has 4 heteroatoms. The molecule has 1 nitrogen and oxygen atoms in total. The minimum absolute atomic E-state index is 0. The zero-order valence-electron chi connectivity index (χ0n) is 8.22. The topological polar surface area (TPSA) is 3.01 Å². The van der Waals surface area contributed by atoms with Gasteiger partial charge < -0.3 is 12.4 Å². The Kier molecular flexibility index (Phi) is 4.55. The number of halogens is 3. The van der Waals surface area contributed by atoms with Crippen LogP contribution in [0.2, 0.25) is 5.02 Å². The van der Waals surface area contributed by atoms with Crippen LogP contribution in [0, 0.1) is 5.82 Å². The highest BCUT2D eigenvalue weighted by Crippen LogP contribution is 2.17. The summed E-state index contributed by atoms with van der Waals surface area (Å²) in [6, 6.07) is 4.78. The lowest BCUT2D eigenvalue weighted by atomic mass is 10.2. The van der Waals surface area contributed by atoms with Crippen molar-refractivity contribution in [2.24, 2.45) is 0 Å². The van der Waals surface area contributed by atoms with E-state index in [1.807, 2.05) is 6.21 Å². The molecule has 1 fully saturated rings. The molecule has 1 aromatic carbocycles. The highest BCUT2D eigenvalue weighted by Gasteiger charge is 2.15. The number of hydrogen-bond acceptors (Lipinski definition) is 0. The van der Waals surface area contributed by atoms with Crippen LogP contribution in [0.5, 0.6) is 0 Å². The van der Waals surface area contributed by atoms with Crippen LogP contribution in [-0.2, 0) is 0 Å². The first-order valence-electron chi connectivity index (χ1n) is 4.80. The maximum atomic E-state index is 13.4. The molecule has 0 aliphatic carbocycles. The van der Waals surface area contributed by atoms with Crippen molar-refractivity contribution in [1.82, 2.24) is 0 Å². The SMILES string of the molecule is Fc1cccc(Cl)c1C=[N+]1CCCC1.[Cl-]. The second-order valence-electron chi connectivity index (χ2n) is 3.51. The standard InChI is InChI=1S/C11H12ClFN.ClH/c12-10-4-3-5-11(13)9(10)8-14-6-1-2-7-14;/h3-5,8H,1-2,6-7H2;1H/q+1;/p-1. The summed E-state index contributed by atoms with van der Waals surface area (Å²) in [5.74, 6) is -0.246. The fourth-order valence-electron chi connectivity index (χ4n) is 1.69. The van der Waals surface area contributed by atoms with E-state index >= 15 is 0 Å². The van der Waals surface area contributed by atoms with Crippen molar-refractivity contribution in [1.29, 1.82) is 0 Å². The van der Waals surface area contributed by atoms with E-state index < -0.39 is 0 Å². The van der Waals surface area contributed by atoms with E-state index in [4.69, 9.17) is 11.6 Å². The van der Waals surface area contributed by atoms with Crippen molar-refractivity contribution in [3.05, 3.63) is 34.6 Å². The Morgan fingerprint density at radius 2 is 1.93 bits per heavy atom. The maximum Gasteiger partial charge on any atom is 0.175 e. The highest BCUT2D eigenvalue weighted by molar-refractivity contribution is 6.32. The van der Waals surface area contributed by atoms with Crippen molar-refractivity contribution in [2.75, 3.05) is 13.1 Å². The van der Waals surface area contributed by atoms with Crippen LogP contribution in [0.25, 0.3) is 0 Å². The number of hydrogen-bond donors (Lipinski definition) is 0. The average molecular weight is 248 g/mol. The molecule has 1 heterocycles. The molecule has 0 unspecified atom stereocenters. The lowest BCUT2D eigenvalue weighted by molar-refractivity contribution is -0.500. The predicted octanol–water partition coefficient (Wildman–Crippen LogP) is -0.292. The zero-order valence-corrected chi connectivity index (χ0v) is 9.73. The second kappa shape index (κ2) is 5.47. The lowest BCUT2D eigenvalue weighted by Crippen LogP contribution is -3.00. The van der Waals surface area contributed by atoms with E-state index in [0.29, 0.717) is 10.6 Å². The van der Waals surface area contributed by atoms with Crippen molar-refractivity contribution in [3.8, 4) is 0 Å². The van der Waals surface area contributed by atoms with Gasteiger partial charge in [0.25, 0.3) is 0 Å². The summed E-state index contributed by atoms with van der Waals surface area (Å²) in [4.78, 5) is 0. The van der Waals surface area contributed by atoms with Gasteiger partial charge in [0, 0.05) is 12.8 Å². The third-order valence-corrected chi connectivity index (χ3v) is 2.78. The van der Waals surface area contributed by atoms with Crippen LogP contribution < -0.4 is 12.4 Å². The molecule has 1 saturated heterocycles. The van der Waals surface area contributed by atoms with Crippen molar-refractivity contribution < 1.29 is 21.4 Å². The predicted molar refractivity (Wildman–Crippen MR) is 55.8 cm³/mol. The molecule has 0 amide bonds. The molecular weight excluding hydrogens is 236 g/mol. The Hall–Kier alpha value is -0.600. The van der Waals surface area contributed by atoms with Crippen LogP contribution in [0.3, 0.4) is 0 Å². The molecule has 0 N–H and O–H groups in total. The van der Waals surface area contributed by atoms with E-state index in [9.17, 15) is 4.39 Å². The van der Waals surface area contributed by atoms with E-state index in [2.05, 4.69) is 4.58 Å². The van der Waals surface area contributed by atoms with Gasteiger partial charge in [-0.15, -0.1) is 0 Å². The summed E-state index contributed by atoms with van der Waals surface area (Å²) in [6.07, 6.45) is 4.19. The summed E-state index contributed by atoms with van der Waals surface area (Å²) >= 11 is 5.91. The monoisotopic (exact) mass is 247 g/mol. The second-order valence-corrected chi connectivity index (χ2v) is 3.91. The van der Waals surface area contributed by atoms with Gasteiger partial charge in [-0.2, -0.15) is 0 Å². The summed E-state index contributed by atoms with van der Waals surface area (Å²) in [6.45, 7) is 2.01. The maximum absolute atomic E-state index is 13.4. The molecule has 82 valence electrons. The number of nitrogens with zero attached hydrogens (tertiary/aromatic N) is 1. The van der Waals surface area contributed by atoms with Crippen molar-refractivity contribution >= 4 is 17.8 Å². The first kappa shape index (κ1) is 12.5. The molecule has 15 heavy (non-hydrogen) atoms. The average Bonchev–Trinajstić information content (AvgIpc) is 2.64. The molecule has 0 spiro atoms. The van der Waals surface area contributed by atoms with Crippen molar-refractivity contribution in [3.63, 3.8) is 0 Å². The minimum Gasteiger partial charge on any atom is -1.00 e. The van der Waals surface area contributed by atoms with E-state index in [1.54, 1.807) is 12.1 Å². The summed E-state index contributed by atoms with van der Waals surface area (Å²) < 4.78 is 15.5. The van der Waals surface area contributed by atoms with Gasteiger partial charge in [-0.1, -0.05) is 17.7 Å². The Morgan fingerprint density at radius 3 is 2.53 bits per heavy atom. The fourth-order valence-corrected chi connectivity index (χ4v) is 1.90. The Labute approximate surface area is 100.0 Å². The molecule has 0 radical (unpaired) electrons. The molecule has 2 rings (SSSR count).